The molecule has 2 heterocycles. The Balaban J connectivity index is 1.56. The van der Waals surface area contributed by atoms with E-state index in [4.69, 9.17) is 16.3 Å². The SMILES string of the molecule is C[C@H](OC(=O)c1ccc(C2SCCS2)cc1)C(=O)Nc1ccc(Cl)cn1. The van der Waals surface area contributed by atoms with Crippen molar-refractivity contribution in [1.82, 2.24) is 4.98 Å². The van der Waals surface area contributed by atoms with E-state index < -0.39 is 18.0 Å². The minimum atomic E-state index is -0.944. The Morgan fingerprint density at radius 2 is 1.88 bits per heavy atom. The van der Waals surface area contributed by atoms with Crippen LogP contribution in [0.5, 0.6) is 0 Å². The van der Waals surface area contributed by atoms with Crippen LogP contribution in [0.1, 0.15) is 27.4 Å². The van der Waals surface area contributed by atoms with Gasteiger partial charge in [0.15, 0.2) is 6.10 Å². The van der Waals surface area contributed by atoms with Crippen molar-refractivity contribution in [3.8, 4) is 0 Å². The van der Waals surface area contributed by atoms with Gasteiger partial charge in [0, 0.05) is 17.7 Å². The molecular weight excluding hydrogens is 392 g/mol. The van der Waals surface area contributed by atoms with Gasteiger partial charge in [-0.1, -0.05) is 23.7 Å². The van der Waals surface area contributed by atoms with Crippen LogP contribution in [0.25, 0.3) is 0 Å². The van der Waals surface area contributed by atoms with Crippen LogP contribution in [0, 0.1) is 0 Å². The van der Waals surface area contributed by atoms with Crippen molar-refractivity contribution in [1.29, 1.82) is 0 Å². The van der Waals surface area contributed by atoms with Crippen molar-refractivity contribution < 1.29 is 14.3 Å². The molecule has 0 bridgehead atoms. The number of carbonyl (C=O) groups excluding carboxylic acids is 2. The maximum atomic E-state index is 12.2. The van der Waals surface area contributed by atoms with Crippen LogP contribution in [0.3, 0.4) is 0 Å². The van der Waals surface area contributed by atoms with Crippen molar-refractivity contribution in [3.63, 3.8) is 0 Å². The molecule has 0 aliphatic carbocycles. The number of carbonyl (C=O) groups is 2. The van der Waals surface area contributed by atoms with Gasteiger partial charge in [-0.3, -0.25) is 4.79 Å². The summed E-state index contributed by atoms with van der Waals surface area (Å²) in [4.78, 5) is 28.3. The molecule has 2 aromatic rings. The lowest BCUT2D eigenvalue weighted by Gasteiger charge is -2.14. The molecule has 1 aromatic heterocycles. The summed E-state index contributed by atoms with van der Waals surface area (Å²) in [6, 6.07) is 10.5. The van der Waals surface area contributed by atoms with Gasteiger partial charge in [-0.05, 0) is 36.8 Å². The largest absolute Gasteiger partial charge is 0.449 e. The lowest BCUT2D eigenvalue weighted by Crippen LogP contribution is -2.30. The number of ether oxygens (including phenoxy) is 1. The third-order valence-corrected chi connectivity index (χ3v) is 7.00. The molecule has 1 atom stereocenters. The first-order valence-corrected chi connectivity index (χ1v) is 10.5. The first-order chi connectivity index (χ1) is 12.5. The van der Waals surface area contributed by atoms with Gasteiger partial charge in [0.05, 0.1) is 15.2 Å². The van der Waals surface area contributed by atoms with Gasteiger partial charge in [-0.25, -0.2) is 9.78 Å². The van der Waals surface area contributed by atoms with Crippen molar-refractivity contribution >= 4 is 52.8 Å². The summed E-state index contributed by atoms with van der Waals surface area (Å²) in [5.41, 5.74) is 1.61. The highest BCUT2D eigenvalue weighted by atomic mass is 35.5. The molecule has 1 fully saturated rings. The molecular formula is C18H17ClN2O3S2. The lowest BCUT2D eigenvalue weighted by atomic mass is 10.1. The van der Waals surface area contributed by atoms with Gasteiger partial charge in [0.2, 0.25) is 0 Å². The highest BCUT2D eigenvalue weighted by Crippen LogP contribution is 2.45. The highest BCUT2D eigenvalue weighted by molar-refractivity contribution is 8.19. The number of hydrogen-bond donors (Lipinski definition) is 1. The average Bonchev–Trinajstić information content (AvgIpc) is 3.18. The monoisotopic (exact) mass is 408 g/mol. The van der Waals surface area contributed by atoms with Crippen molar-refractivity contribution in [3.05, 3.63) is 58.7 Å². The zero-order chi connectivity index (χ0) is 18.5. The third-order valence-electron chi connectivity index (χ3n) is 3.67. The molecule has 1 saturated heterocycles. The van der Waals surface area contributed by atoms with E-state index in [2.05, 4.69) is 10.3 Å². The number of rotatable bonds is 5. The zero-order valence-electron chi connectivity index (χ0n) is 14.0. The van der Waals surface area contributed by atoms with E-state index >= 15 is 0 Å². The molecule has 0 radical (unpaired) electrons. The summed E-state index contributed by atoms with van der Waals surface area (Å²) >= 11 is 9.56. The summed E-state index contributed by atoms with van der Waals surface area (Å²) in [6.07, 6.45) is 0.483. The molecule has 0 unspecified atom stereocenters. The second kappa shape index (κ2) is 8.79. The molecule has 1 aliphatic rings. The Hall–Kier alpha value is -1.70. The van der Waals surface area contributed by atoms with Gasteiger partial charge >= 0.3 is 5.97 Å². The Labute approximate surface area is 165 Å². The fourth-order valence-corrected chi connectivity index (χ4v) is 5.26. The van der Waals surface area contributed by atoms with Crippen molar-refractivity contribution in [2.24, 2.45) is 0 Å². The predicted molar refractivity (Wildman–Crippen MR) is 107 cm³/mol. The average molecular weight is 409 g/mol. The number of anilines is 1. The van der Waals surface area contributed by atoms with Crippen LogP contribution < -0.4 is 5.32 Å². The quantitative estimate of drug-likeness (QED) is 0.739. The summed E-state index contributed by atoms with van der Waals surface area (Å²) in [5, 5.41) is 3.05. The number of benzene rings is 1. The van der Waals surface area contributed by atoms with Crippen molar-refractivity contribution in [2.75, 3.05) is 16.8 Å². The molecule has 136 valence electrons. The van der Waals surface area contributed by atoms with Crippen LogP contribution in [0.2, 0.25) is 5.02 Å². The summed E-state index contributed by atoms with van der Waals surface area (Å²) < 4.78 is 5.67. The molecule has 26 heavy (non-hydrogen) atoms. The minimum Gasteiger partial charge on any atom is -0.449 e. The Morgan fingerprint density at radius 1 is 1.19 bits per heavy atom. The fraction of sp³-hybridized carbons (Fsp3) is 0.278. The standard InChI is InChI=1S/C18H17ClN2O3S2/c1-11(16(22)21-15-7-6-14(19)10-20-15)24-17(23)12-2-4-13(5-3-12)18-25-8-9-26-18/h2-7,10-11,18H,8-9H2,1H3,(H,20,21,22)/t11-/m0/s1. The third kappa shape index (κ3) is 4.93. The highest BCUT2D eigenvalue weighted by Gasteiger charge is 2.21. The summed E-state index contributed by atoms with van der Waals surface area (Å²) in [5.74, 6) is 1.65. The van der Waals surface area contributed by atoms with Crippen LogP contribution in [0.15, 0.2) is 42.6 Å². The molecule has 1 aromatic carbocycles. The second-order valence-corrected chi connectivity index (χ2v) is 8.75. The maximum Gasteiger partial charge on any atom is 0.338 e. The number of nitrogens with zero attached hydrogens (tertiary/aromatic N) is 1. The fourth-order valence-electron chi connectivity index (χ4n) is 2.29. The second-order valence-electron chi connectivity index (χ2n) is 5.59. The van der Waals surface area contributed by atoms with Gasteiger partial charge in [-0.2, -0.15) is 0 Å². The van der Waals surface area contributed by atoms with Crippen LogP contribution in [-0.4, -0.2) is 34.5 Å². The predicted octanol–water partition coefficient (Wildman–Crippen LogP) is 4.40. The number of nitrogens with one attached hydrogen (secondary N) is 1. The molecule has 8 heteroatoms. The Bertz CT molecular complexity index is 778. The van der Waals surface area contributed by atoms with Gasteiger partial charge in [-0.15, -0.1) is 23.5 Å². The summed E-state index contributed by atoms with van der Waals surface area (Å²) in [6.45, 7) is 1.52. The zero-order valence-corrected chi connectivity index (χ0v) is 16.4. The number of pyridine rings is 1. The number of aromatic nitrogens is 1. The number of halogens is 1. The molecule has 1 N–H and O–H groups in total. The molecule has 0 saturated carbocycles. The smallest absolute Gasteiger partial charge is 0.338 e. The molecule has 5 nitrogen and oxygen atoms in total. The van der Waals surface area contributed by atoms with E-state index in [0.717, 1.165) is 11.5 Å². The Kier molecular flexibility index (Phi) is 6.45. The molecule has 1 amide bonds. The van der Waals surface area contributed by atoms with Crippen LogP contribution in [-0.2, 0) is 9.53 Å². The molecule has 1 aliphatic heterocycles. The van der Waals surface area contributed by atoms with E-state index in [-0.39, 0.29) is 0 Å². The van der Waals surface area contributed by atoms with Crippen LogP contribution in [0.4, 0.5) is 5.82 Å². The first-order valence-electron chi connectivity index (χ1n) is 7.99. The normalized spacial score (nSPS) is 15.5. The minimum absolute atomic E-state index is 0.346. The van der Waals surface area contributed by atoms with Crippen LogP contribution >= 0.6 is 35.1 Å². The van der Waals surface area contributed by atoms with E-state index in [1.165, 1.54) is 18.7 Å². The van der Waals surface area contributed by atoms with E-state index in [1.54, 1.807) is 24.3 Å². The number of esters is 1. The first kappa shape index (κ1) is 19.1. The van der Waals surface area contributed by atoms with Gasteiger partial charge < -0.3 is 10.1 Å². The van der Waals surface area contributed by atoms with Gasteiger partial charge in [0.1, 0.15) is 5.82 Å². The van der Waals surface area contributed by atoms with Crippen molar-refractivity contribution in [2.45, 2.75) is 17.6 Å². The van der Waals surface area contributed by atoms with E-state index in [1.807, 2.05) is 35.7 Å². The van der Waals surface area contributed by atoms with Gasteiger partial charge in [0.25, 0.3) is 5.91 Å². The number of thioether (sulfide) groups is 2. The molecule has 0 spiro atoms. The maximum absolute atomic E-state index is 12.2. The number of hydrogen-bond acceptors (Lipinski definition) is 6. The Morgan fingerprint density at radius 3 is 2.50 bits per heavy atom. The number of amides is 1. The lowest BCUT2D eigenvalue weighted by molar-refractivity contribution is -0.123. The van der Waals surface area contributed by atoms with E-state index in [0.29, 0.717) is 21.0 Å². The topological polar surface area (TPSA) is 68.3 Å². The summed E-state index contributed by atoms with van der Waals surface area (Å²) in [7, 11) is 0. The van der Waals surface area contributed by atoms with E-state index in [9.17, 15) is 9.59 Å². The molecule has 3 rings (SSSR count).